The molecule has 0 aliphatic carbocycles. The lowest BCUT2D eigenvalue weighted by molar-refractivity contribution is 0.377. The van der Waals surface area contributed by atoms with Crippen LogP contribution in [0.2, 0.25) is 0 Å². The second-order valence-electron chi connectivity index (χ2n) is 4.11. The monoisotopic (exact) mass is 277 g/mol. The number of para-hydroxylation sites is 1. The molecule has 0 atom stereocenters. The minimum absolute atomic E-state index is 0.0502. The number of nitrogens with two attached hydrogens (primary N) is 1. The summed E-state index contributed by atoms with van der Waals surface area (Å²) in [7, 11) is 4.59. The molecule has 0 aromatic heterocycles. The zero-order chi connectivity index (χ0) is 14.7. The molecule has 5 heteroatoms. The Morgan fingerprint density at radius 2 is 1.55 bits per heavy atom. The van der Waals surface area contributed by atoms with E-state index < -0.39 is 5.82 Å². The van der Waals surface area contributed by atoms with E-state index in [9.17, 15) is 4.39 Å². The molecular weight excluding hydrogens is 261 g/mol. The second-order valence-corrected chi connectivity index (χ2v) is 4.11. The van der Waals surface area contributed by atoms with Crippen molar-refractivity contribution < 1.29 is 18.6 Å². The minimum atomic E-state index is -0.484. The number of benzene rings is 2. The first kappa shape index (κ1) is 14.0. The van der Waals surface area contributed by atoms with E-state index in [1.807, 2.05) is 0 Å². The topological polar surface area (TPSA) is 53.7 Å². The first-order valence-electron chi connectivity index (χ1n) is 5.96. The fourth-order valence-electron chi connectivity index (χ4n) is 2.03. The molecule has 0 radical (unpaired) electrons. The van der Waals surface area contributed by atoms with Crippen LogP contribution in [-0.2, 0) is 0 Å². The van der Waals surface area contributed by atoms with Crippen LogP contribution in [0, 0.1) is 5.82 Å². The Balaban J connectivity index is 2.74. The summed E-state index contributed by atoms with van der Waals surface area (Å²) < 4.78 is 29.5. The zero-order valence-electron chi connectivity index (χ0n) is 11.6. The summed E-state index contributed by atoms with van der Waals surface area (Å²) in [6.07, 6.45) is 0. The highest BCUT2D eigenvalue weighted by atomic mass is 19.1. The summed E-state index contributed by atoms with van der Waals surface area (Å²) in [4.78, 5) is 0. The van der Waals surface area contributed by atoms with Crippen LogP contribution in [0.3, 0.4) is 0 Å². The van der Waals surface area contributed by atoms with Crippen molar-refractivity contribution in [2.45, 2.75) is 0 Å². The van der Waals surface area contributed by atoms with E-state index in [1.54, 1.807) is 31.4 Å². The fraction of sp³-hybridized carbons (Fsp3) is 0.200. The van der Waals surface area contributed by atoms with Gasteiger partial charge < -0.3 is 19.9 Å². The molecule has 2 rings (SSSR count). The lowest BCUT2D eigenvalue weighted by atomic mass is 10.0. The molecule has 0 unspecified atom stereocenters. The quantitative estimate of drug-likeness (QED) is 0.872. The number of nitrogen functional groups attached to an aromatic ring is 1. The molecule has 0 bridgehead atoms. The van der Waals surface area contributed by atoms with Crippen LogP contribution in [0.15, 0.2) is 30.3 Å². The second kappa shape index (κ2) is 5.69. The molecule has 2 aromatic rings. The Kier molecular flexibility index (Phi) is 3.98. The summed E-state index contributed by atoms with van der Waals surface area (Å²) >= 11 is 0. The number of ether oxygens (including phenoxy) is 3. The summed E-state index contributed by atoms with van der Waals surface area (Å²) in [6.45, 7) is 0. The third-order valence-corrected chi connectivity index (χ3v) is 3.04. The van der Waals surface area contributed by atoms with Crippen LogP contribution in [0.1, 0.15) is 0 Å². The maximum Gasteiger partial charge on any atom is 0.146 e. The van der Waals surface area contributed by atoms with Gasteiger partial charge in [0.1, 0.15) is 23.1 Å². The number of halogens is 1. The van der Waals surface area contributed by atoms with Crippen molar-refractivity contribution >= 4 is 5.69 Å². The number of hydrogen-bond acceptors (Lipinski definition) is 4. The standard InChI is InChI=1S/C15H16FNO3/c1-18-9-7-12(19-2)14(13(8-9)20-3)10-5-4-6-11(16)15(10)17/h4-8H,17H2,1-3H3. The Labute approximate surface area is 116 Å². The van der Waals surface area contributed by atoms with Gasteiger partial charge in [-0.25, -0.2) is 4.39 Å². The van der Waals surface area contributed by atoms with Gasteiger partial charge in [-0.2, -0.15) is 0 Å². The molecule has 2 aromatic carbocycles. The third-order valence-electron chi connectivity index (χ3n) is 3.04. The van der Waals surface area contributed by atoms with Crippen molar-refractivity contribution in [3.8, 4) is 28.4 Å². The SMILES string of the molecule is COc1cc(OC)c(-c2cccc(F)c2N)c(OC)c1. The molecular formula is C15H16FNO3. The van der Waals surface area contributed by atoms with E-state index >= 15 is 0 Å². The zero-order valence-corrected chi connectivity index (χ0v) is 11.6. The van der Waals surface area contributed by atoms with E-state index in [4.69, 9.17) is 19.9 Å². The third kappa shape index (κ3) is 2.34. The number of rotatable bonds is 4. The average molecular weight is 277 g/mol. The summed E-state index contributed by atoms with van der Waals surface area (Å²) in [5.74, 6) is 1.09. The van der Waals surface area contributed by atoms with E-state index in [2.05, 4.69) is 0 Å². The van der Waals surface area contributed by atoms with Crippen LogP contribution in [0.4, 0.5) is 10.1 Å². The molecule has 0 aliphatic rings. The largest absolute Gasteiger partial charge is 0.496 e. The van der Waals surface area contributed by atoms with Gasteiger partial charge in [0, 0.05) is 17.7 Å². The van der Waals surface area contributed by atoms with Crippen molar-refractivity contribution in [3.63, 3.8) is 0 Å². The van der Waals surface area contributed by atoms with E-state index in [0.29, 0.717) is 28.4 Å². The van der Waals surface area contributed by atoms with E-state index in [0.717, 1.165) is 0 Å². The van der Waals surface area contributed by atoms with Crippen molar-refractivity contribution in [3.05, 3.63) is 36.1 Å². The van der Waals surface area contributed by atoms with Gasteiger partial charge in [0.25, 0.3) is 0 Å². The van der Waals surface area contributed by atoms with Crippen LogP contribution in [0.5, 0.6) is 17.2 Å². The fourth-order valence-corrected chi connectivity index (χ4v) is 2.03. The van der Waals surface area contributed by atoms with Gasteiger partial charge >= 0.3 is 0 Å². The first-order valence-corrected chi connectivity index (χ1v) is 5.96. The Hall–Kier alpha value is -2.43. The molecule has 0 aliphatic heterocycles. The van der Waals surface area contributed by atoms with Gasteiger partial charge in [0.05, 0.1) is 32.6 Å². The van der Waals surface area contributed by atoms with Gasteiger partial charge in [0.2, 0.25) is 0 Å². The van der Waals surface area contributed by atoms with E-state index in [1.165, 1.54) is 20.3 Å². The number of methoxy groups -OCH3 is 3. The van der Waals surface area contributed by atoms with Crippen molar-refractivity contribution in [2.75, 3.05) is 27.1 Å². The summed E-state index contributed by atoms with van der Waals surface area (Å²) in [5.41, 5.74) is 6.97. The van der Waals surface area contributed by atoms with Gasteiger partial charge in [-0.05, 0) is 6.07 Å². The lowest BCUT2D eigenvalue weighted by Gasteiger charge is -2.16. The lowest BCUT2D eigenvalue weighted by Crippen LogP contribution is -1.99. The molecule has 20 heavy (non-hydrogen) atoms. The highest BCUT2D eigenvalue weighted by molar-refractivity contribution is 5.85. The summed E-state index contributed by atoms with van der Waals surface area (Å²) in [5, 5.41) is 0. The van der Waals surface area contributed by atoms with Crippen molar-refractivity contribution in [1.82, 2.24) is 0 Å². The molecule has 0 heterocycles. The van der Waals surface area contributed by atoms with Gasteiger partial charge in [-0.15, -0.1) is 0 Å². The Bertz CT molecular complexity index is 604. The Morgan fingerprint density at radius 1 is 0.950 bits per heavy atom. The molecule has 4 nitrogen and oxygen atoms in total. The Morgan fingerprint density at radius 3 is 2.05 bits per heavy atom. The van der Waals surface area contributed by atoms with Crippen LogP contribution >= 0.6 is 0 Å². The van der Waals surface area contributed by atoms with Crippen LogP contribution < -0.4 is 19.9 Å². The van der Waals surface area contributed by atoms with Gasteiger partial charge in [-0.1, -0.05) is 12.1 Å². The smallest absolute Gasteiger partial charge is 0.146 e. The van der Waals surface area contributed by atoms with Gasteiger partial charge in [-0.3, -0.25) is 0 Å². The van der Waals surface area contributed by atoms with E-state index in [-0.39, 0.29) is 5.69 Å². The highest BCUT2D eigenvalue weighted by Crippen LogP contribution is 2.44. The molecule has 0 saturated heterocycles. The predicted octanol–water partition coefficient (Wildman–Crippen LogP) is 3.10. The van der Waals surface area contributed by atoms with Crippen LogP contribution in [-0.4, -0.2) is 21.3 Å². The molecule has 0 amide bonds. The first-order chi connectivity index (χ1) is 9.62. The predicted molar refractivity (Wildman–Crippen MR) is 75.9 cm³/mol. The van der Waals surface area contributed by atoms with Crippen molar-refractivity contribution in [1.29, 1.82) is 0 Å². The summed E-state index contributed by atoms with van der Waals surface area (Å²) in [6, 6.07) is 8.00. The van der Waals surface area contributed by atoms with Gasteiger partial charge in [0.15, 0.2) is 0 Å². The normalized spacial score (nSPS) is 10.2. The molecule has 2 N–H and O–H groups in total. The highest BCUT2D eigenvalue weighted by Gasteiger charge is 2.18. The minimum Gasteiger partial charge on any atom is -0.496 e. The van der Waals surface area contributed by atoms with Crippen molar-refractivity contribution in [2.24, 2.45) is 0 Å². The number of hydrogen-bond donors (Lipinski definition) is 1. The average Bonchev–Trinajstić information content (AvgIpc) is 2.48. The molecule has 0 fully saturated rings. The molecule has 0 saturated carbocycles. The van der Waals surface area contributed by atoms with Crippen LogP contribution in [0.25, 0.3) is 11.1 Å². The maximum atomic E-state index is 13.7. The molecule has 106 valence electrons. The number of anilines is 1. The molecule has 0 spiro atoms. The maximum absolute atomic E-state index is 13.7.